The molecule has 1 fully saturated rings. The third kappa shape index (κ3) is 2.55. The van der Waals surface area contributed by atoms with Crippen LogP contribution in [0, 0.1) is 11.8 Å². The highest BCUT2D eigenvalue weighted by molar-refractivity contribution is 5.71. The maximum absolute atomic E-state index is 11.5. The summed E-state index contributed by atoms with van der Waals surface area (Å²) in [7, 11) is 0. The maximum Gasteiger partial charge on any atom is 0.408 e. The van der Waals surface area contributed by atoms with Crippen LogP contribution in [0.5, 0.6) is 0 Å². The lowest BCUT2D eigenvalue weighted by Crippen LogP contribution is -2.35. The van der Waals surface area contributed by atoms with Gasteiger partial charge in [0.25, 0.3) is 0 Å². The molecule has 4 nitrogen and oxygen atoms in total. The SMILES string of the molecule is O=C1NCC2(CCCc3ncc(C#Cc4ccccc4)cc32)O1. The number of ether oxygens (including phenoxy) is 1. The largest absolute Gasteiger partial charge is 0.436 e. The molecule has 2 heterocycles. The van der Waals surface area contributed by atoms with E-state index < -0.39 is 5.60 Å². The van der Waals surface area contributed by atoms with Gasteiger partial charge in [0, 0.05) is 28.6 Å². The first-order valence-electron chi connectivity index (χ1n) is 7.79. The molecule has 1 aliphatic carbocycles. The Bertz CT molecular complexity index is 820. The molecule has 1 N–H and O–H groups in total. The number of carbonyl (C=O) groups excluding carboxylic acids is 1. The number of amides is 1. The van der Waals surface area contributed by atoms with E-state index in [1.54, 1.807) is 6.20 Å². The van der Waals surface area contributed by atoms with Crippen LogP contribution in [0.4, 0.5) is 4.79 Å². The molecule has 1 atom stereocenters. The van der Waals surface area contributed by atoms with Gasteiger partial charge in [-0.25, -0.2) is 4.79 Å². The topological polar surface area (TPSA) is 51.2 Å². The molecule has 0 saturated carbocycles. The van der Waals surface area contributed by atoms with Crippen molar-refractivity contribution in [3.05, 3.63) is 65.0 Å². The van der Waals surface area contributed by atoms with Crippen LogP contribution >= 0.6 is 0 Å². The normalized spacial score (nSPS) is 21.8. The summed E-state index contributed by atoms with van der Waals surface area (Å²) in [5, 5.41) is 2.77. The van der Waals surface area contributed by atoms with E-state index in [1.807, 2.05) is 36.4 Å². The monoisotopic (exact) mass is 304 g/mol. The Hall–Kier alpha value is -2.80. The molecule has 114 valence electrons. The van der Waals surface area contributed by atoms with E-state index in [2.05, 4.69) is 22.1 Å². The Balaban J connectivity index is 1.71. The van der Waals surface area contributed by atoms with Gasteiger partial charge in [-0.1, -0.05) is 30.0 Å². The fraction of sp³-hybridized carbons (Fsp3) is 0.263. The van der Waals surface area contributed by atoms with E-state index in [0.29, 0.717) is 6.54 Å². The molecule has 1 amide bonds. The van der Waals surface area contributed by atoms with E-state index in [0.717, 1.165) is 41.6 Å². The molecule has 1 saturated heterocycles. The Morgan fingerprint density at radius 3 is 2.78 bits per heavy atom. The van der Waals surface area contributed by atoms with E-state index in [4.69, 9.17) is 4.74 Å². The number of nitrogens with zero attached hydrogens (tertiary/aromatic N) is 1. The van der Waals surface area contributed by atoms with Gasteiger partial charge in [-0.05, 0) is 37.5 Å². The third-order valence-corrected chi connectivity index (χ3v) is 4.39. The second-order valence-corrected chi connectivity index (χ2v) is 5.93. The number of aromatic nitrogens is 1. The molecular formula is C19H16N2O2. The number of pyridine rings is 1. The lowest BCUT2D eigenvalue weighted by Gasteiger charge is -2.32. The van der Waals surface area contributed by atoms with Crippen LogP contribution in [-0.4, -0.2) is 17.6 Å². The zero-order chi connectivity index (χ0) is 15.7. The fourth-order valence-corrected chi connectivity index (χ4v) is 3.25. The lowest BCUT2D eigenvalue weighted by molar-refractivity contribution is 0.0389. The van der Waals surface area contributed by atoms with E-state index in [9.17, 15) is 4.79 Å². The third-order valence-electron chi connectivity index (χ3n) is 4.39. The molecule has 4 heteroatoms. The zero-order valence-electron chi connectivity index (χ0n) is 12.6. The summed E-state index contributed by atoms with van der Waals surface area (Å²) < 4.78 is 5.60. The first-order valence-corrected chi connectivity index (χ1v) is 7.79. The van der Waals surface area contributed by atoms with Crippen molar-refractivity contribution in [2.45, 2.75) is 24.9 Å². The average molecular weight is 304 g/mol. The number of carbonyl (C=O) groups is 1. The number of hydrogen-bond donors (Lipinski definition) is 1. The molecule has 0 radical (unpaired) electrons. The summed E-state index contributed by atoms with van der Waals surface area (Å²) in [6.45, 7) is 0.510. The second-order valence-electron chi connectivity index (χ2n) is 5.93. The summed E-state index contributed by atoms with van der Waals surface area (Å²) in [5.74, 6) is 6.30. The Kier molecular flexibility index (Phi) is 3.27. The van der Waals surface area contributed by atoms with Crippen LogP contribution in [0.1, 0.15) is 35.2 Å². The van der Waals surface area contributed by atoms with E-state index in [1.165, 1.54) is 0 Å². The molecule has 1 unspecified atom stereocenters. The van der Waals surface area contributed by atoms with Crippen molar-refractivity contribution in [3.63, 3.8) is 0 Å². The number of nitrogens with one attached hydrogen (secondary N) is 1. The number of rotatable bonds is 0. The molecule has 2 aromatic rings. The van der Waals surface area contributed by atoms with Crippen LogP contribution < -0.4 is 5.32 Å². The molecule has 1 aromatic heterocycles. The number of alkyl carbamates (subject to hydrolysis) is 1. The molecule has 2 aliphatic rings. The van der Waals surface area contributed by atoms with Crippen LogP contribution in [0.15, 0.2) is 42.6 Å². The first-order chi connectivity index (χ1) is 11.3. The minimum atomic E-state index is -0.567. The minimum Gasteiger partial charge on any atom is -0.436 e. The average Bonchev–Trinajstić information content (AvgIpc) is 2.96. The molecular weight excluding hydrogens is 288 g/mol. The fourth-order valence-electron chi connectivity index (χ4n) is 3.25. The van der Waals surface area contributed by atoms with Crippen molar-refractivity contribution < 1.29 is 9.53 Å². The number of benzene rings is 1. The highest BCUT2D eigenvalue weighted by atomic mass is 16.6. The highest BCUT2D eigenvalue weighted by Gasteiger charge is 2.45. The summed E-state index contributed by atoms with van der Waals surface area (Å²) in [4.78, 5) is 16.1. The molecule has 4 rings (SSSR count). The number of fused-ring (bicyclic) bond motifs is 2. The highest BCUT2D eigenvalue weighted by Crippen LogP contribution is 2.39. The first kappa shape index (κ1) is 13.8. The summed E-state index contributed by atoms with van der Waals surface area (Å²) in [6, 6.07) is 11.9. The summed E-state index contributed by atoms with van der Waals surface area (Å²) in [5.41, 5.74) is 3.26. The summed E-state index contributed by atoms with van der Waals surface area (Å²) >= 11 is 0. The van der Waals surface area contributed by atoms with Gasteiger partial charge in [0.15, 0.2) is 5.60 Å². The van der Waals surface area contributed by atoms with Crippen molar-refractivity contribution in [2.75, 3.05) is 6.54 Å². The van der Waals surface area contributed by atoms with Gasteiger partial charge in [0.05, 0.1) is 6.54 Å². The Morgan fingerprint density at radius 2 is 2.00 bits per heavy atom. The predicted octanol–water partition coefficient (Wildman–Crippen LogP) is 2.75. The minimum absolute atomic E-state index is 0.348. The quantitative estimate of drug-likeness (QED) is 0.761. The van der Waals surface area contributed by atoms with Gasteiger partial charge in [-0.15, -0.1) is 0 Å². The van der Waals surface area contributed by atoms with E-state index in [-0.39, 0.29) is 6.09 Å². The van der Waals surface area contributed by atoms with Crippen LogP contribution in [-0.2, 0) is 16.8 Å². The molecule has 1 spiro atoms. The van der Waals surface area contributed by atoms with Crippen LogP contribution in [0.3, 0.4) is 0 Å². The van der Waals surface area contributed by atoms with Gasteiger partial charge in [0.1, 0.15) is 0 Å². The lowest BCUT2D eigenvalue weighted by atomic mass is 9.81. The van der Waals surface area contributed by atoms with Gasteiger partial charge in [0.2, 0.25) is 0 Å². The van der Waals surface area contributed by atoms with Crippen molar-refractivity contribution in [1.29, 1.82) is 0 Å². The molecule has 0 bridgehead atoms. The maximum atomic E-state index is 11.5. The number of hydrogen-bond acceptors (Lipinski definition) is 3. The zero-order valence-corrected chi connectivity index (χ0v) is 12.6. The van der Waals surface area contributed by atoms with Gasteiger partial charge in [-0.3, -0.25) is 4.98 Å². The number of aryl methyl sites for hydroxylation is 1. The van der Waals surface area contributed by atoms with Crippen molar-refractivity contribution in [3.8, 4) is 11.8 Å². The molecule has 23 heavy (non-hydrogen) atoms. The standard InChI is InChI=1S/C19H16N2O2/c22-18-21-13-19(23-18)10-4-7-17-16(19)11-15(12-20-17)9-8-14-5-2-1-3-6-14/h1-3,5-6,11-12H,4,7,10,13H2,(H,21,22). The van der Waals surface area contributed by atoms with Gasteiger partial charge >= 0.3 is 6.09 Å². The molecule has 1 aliphatic heterocycles. The van der Waals surface area contributed by atoms with Crippen molar-refractivity contribution >= 4 is 6.09 Å². The Morgan fingerprint density at radius 1 is 1.17 bits per heavy atom. The van der Waals surface area contributed by atoms with Gasteiger partial charge in [-0.2, -0.15) is 0 Å². The van der Waals surface area contributed by atoms with Crippen LogP contribution in [0.2, 0.25) is 0 Å². The summed E-state index contributed by atoms with van der Waals surface area (Å²) in [6.07, 6.45) is 4.18. The van der Waals surface area contributed by atoms with Crippen LogP contribution in [0.25, 0.3) is 0 Å². The predicted molar refractivity (Wildman–Crippen MR) is 85.8 cm³/mol. The van der Waals surface area contributed by atoms with Gasteiger partial charge < -0.3 is 10.1 Å². The second kappa shape index (κ2) is 5.44. The smallest absolute Gasteiger partial charge is 0.408 e. The van der Waals surface area contributed by atoms with E-state index >= 15 is 0 Å². The molecule has 1 aromatic carbocycles. The van der Waals surface area contributed by atoms with Crippen molar-refractivity contribution in [1.82, 2.24) is 10.3 Å². The van der Waals surface area contributed by atoms with Crippen molar-refractivity contribution in [2.24, 2.45) is 0 Å². The Labute approximate surface area is 134 Å².